The molecule has 0 fully saturated rings. The lowest BCUT2D eigenvalue weighted by Crippen LogP contribution is -1.96. The fourth-order valence-corrected chi connectivity index (χ4v) is 4.48. The van der Waals surface area contributed by atoms with Crippen molar-refractivity contribution in [3.8, 4) is 0 Å². The maximum Gasteiger partial charge on any atom is 0.309 e. The van der Waals surface area contributed by atoms with E-state index in [9.17, 15) is 50.0 Å². The van der Waals surface area contributed by atoms with Gasteiger partial charge in [-0.2, -0.15) is 56.5 Å². The van der Waals surface area contributed by atoms with Gasteiger partial charge < -0.3 is 11.5 Å². The molecule has 8 aromatic rings. The Labute approximate surface area is 293 Å². The fraction of sp³-hybridized carbons (Fsp3) is 0. The number of fused-ring (bicyclic) bond motifs is 4. The summed E-state index contributed by atoms with van der Waals surface area (Å²) in [6.45, 7) is 0. The van der Waals surface area contributed by atoms with Gasteiger partial charge in [0.05, 0.1) is 30.8 Å². The Kier molecular flexibility index (Phi) is 10.3. The van der Waals surface area contributed by atoms with Crippen LogP contribution in [-0.4, -0.2) is 93.9 Å². The number of nitrogen functional groups attached to an aromatic ring is 2. The molecule has 0 aliphatic heterocycles. The first kappa shape index (κ1) is 36.3. The Bertz CT molecular complexity index is 2720. The van der Waals surface area contributed by atoms with Crippen LogP contribution >= 0.6 is 0 Å². The minimum Gasteiger partial charge on any atom is -0.393 e. The first-order chi connectivity index (χ1) is 25.8. The second-order valence-electron chi connectivity index (χ2n) is 10.1. The quantitative estimate of drug-likeness (QED) is 0.0615. The third-order valence-electron chi connectivity index (χ3n) is 6.95. The van der Waals surface area contributed by atoms with Crippen molar-refractivity contribution in [2.45, 2.75) is 0 Å². The summed E-state index contributed by atoms with van der Waals surface area (Å²) in [5.74, 6) is 0. The van der Waals surface area contributed by atoms with Crippen LogP contribution in [0.2, 0.25) is 0 Å². The van der Waals surface area contributed by atoms with Crippen molar-refractivity contribution in [1.29, 1.82) is 0 Å². The SMILES string of the molecule is Nc1c([N+](=O)[O-])ccc2n[nH]nc12.Nc1cc2n[nH]nc2cc1[N+](=O)[O-].O=Cc1cc2n[nH]nc2cc1[N+](=O)[O-].O=Cc1ccc2n[nH]nc2c1[N+](=O)[O-]. The van der Waals surface area contributed by atoms with E-state index < -0.39 is 19.7 Å². The summed E-state index contributed by atoms with van der Waals surface area (Å²) in [5, 5.41) is 80.9. The maximum absolute atomic E-state index is 10.7. The van der Waals surface area contributed by atoms with Crippen molar-refractivity contribution in [2.24, 2.45) is 0 Å². The summed E-state index contributed by atoms with van der Waals surface area (Å²) in [5.41, 5.74) is 13.2. The van der Waals surface area contributed by atoms with Crippen molar-refractivity contribution < 1.29 is 29.3 Å². The number of anilines is 2. The van der Waals surface area contributed by atoms with Crippen LogP contribution in [-0.2, 0) is 0 Å². The fourth-order valence-electron chi connectivity index (χ4n) is 4.48. The molecule has 28 nitrogen and oxygen atoms in total. The molecule has 0 radical (unpaired) electrons. The third kappa shape index (κ3) is 7.44. The molecule has 0 unspecified atom stereocenters. The maximum atomic E-state index is 10.7. The Hall–Kier alpha value is -8.98. The van der Waals surface area contributed by atoms with E-state index in [1.54, 1.807) is 0 Å². The van der Waals surface area contributed by atoms with Crippen LogP contribution in [0, 0.1) is 40.5 Å². The summed E-state index contributed by atoms with van der Waals surface area (Å²) in [7, 11) is 0. The summed E-state index contributed by atoms with van der Waals surface area (Å²) < 4.78 is 0. The molecule has 272 valence electrons. The van der Waals surface area contributed by atoms with Gasteiger partial charge in [0.25, 0.3) is 17.1 Å². The molecule has 8 rings (SSSR count). The number of nitrogens with two attached hydrogens (primary N) is 2. The molecule has 4 aromatic carbocycles. The molecule has 0 saturated carbocycles. The number of nitro groups is 4. The van der Waals surface area contributed by atoms with Gasteiger partial charge >= 0.3 is 5.69 Å². The average molecular weight is 743 g/mol. The van der Waals surface area contributed by atoms with Crippen LogP contribution in [0.5, 0.6) is 0 Å². The number of nitrogens with one attached hydrogen (secondary N) is 4. The van der Waals surface area contributed by atoms with E-state index in [-0.39, 0.29) is 50.8 Å². The summed E-state index contributed by atoms with van der Waals surface area (Å²) in [6.07, 6.45) is 0.846. The predicted molar refractivity (Wildman–Crippen MR) is 182 cm³/mol. The number of H-pyrrole nitrogens is 4. The molecule has 4 aromatic heterocycles. The van der Waals surface area contributed by atoms with Crippen molar-refractivity contribution in [3.05, 3.63) is 100 Å². The molecule has 0 spiro atoms. The average Bonchev–Trinajstić information content (AvgIpc) is 3.98. The molecule has 0 saturated heterocycles. The first-order valence-electron chi connectivity index (χ1n) is 14.2. The monoisotopic (exact) mass is 742 g/mol. The van der Waals surface area contributed by atoms with Gasteiger partial charge in [0, 0.05) is 18.2 Å². The van der Waals surface area contributed by atoms with Crippen molar-refractivity contribution in [2.75, 3.05) is 11.5 Å². The molecule has 4 heterocycles. The highest BCUT2D eigenvalue weighted by Crippen LogP contribution is 2.28. The van der Waals surface area contributed by atoms with Crippen molar-refractivity contribution in [1.82, 2.24) is 61.6 Å². The minimum atomic E-state index is -0.644. The first-order valence-corrected chi connectivity index (χ1v) is 14.2. The zero-order valence-electron chi connectivity index (χ0n) is 26.4. The van der Waals surface area contributed by atoms with Crippen LogP contribution in [0.3, 0.4) is 0 Å². The van der Waals surface area contributed by atoms with Gasteiger partial charge in [-0.15, -0.1) is 5.10 Å². The number of aromatic nitrogens is 12. The number of carbonyl (C=O) groups excluding carboxylic acids is 2. The second-order valence-corrected chi connectivity index (χ2v) is 10.1. The minimum absolute atomic E-state index is 0.00333. The van der Waals surface area contributed by atoms with Crippen LogP contribution in [0.1, 0.15) is 20.7 Å². The van der Waals surface area contributed by atoms with E-state index >= 15 is 0 Å². The molecule has 0 aliphatic rings. The van der Waals surface area contributed by atoms with Crippen LogP contribution < -0.4 is 11.5 Å². The number of carbonyl (C=O) groups is 2. The summed E-state index contributed by atoms with van der Waals surface area (Å²) >= 11 is 0. The Morgan fingerprint density at radius 3 is 1.46 bits per heavy atom. The summed E-state index contributed by atoms with van der Waals surface area (Å²) in [4.78, 5) is 60.8. The van der Waals surface area contributed by atoms with Gasteiger partial charge in [0.1, 0.15) is 50.0 Å². The highest BCUT2D eigenvalue weighted by molar-refractivity contribution is 5.95. The second kappa shape index (κ2) is 15.3. The molecule has 54 heavy (non-hydrogen) atoms. The molecule has 0 atom stereocenters. The standard InChI is InChI=1S/2C7H4N4O3.2C6H5N5O2/c12-3-4-1-5-6(9-10-8-5)2-7(4)11(13)14;12-3-4-1-2-5-6(9-10-8-5)7(4)11(13)14;7-3-1-4-5(9-10-8-4)2-6(3)11(12)13;7-5-4(11(12)13)2-1-3-6(5)9-10-8-3/h2*1-3H,(H,8,9,10);2*1-2H,7H2,(H,8,9,10). The molecular weight excluding hydrogens is 724 g/mol. The molecular formula is C26H18N18O10. The number of benzene rings is 4. The largest absolute Gasteiger partial charge is 0.393 e. The van der Waals surface area contributed by atoms with Gasteiger partial charge in [-0.3, -0.25) is 50.0 Å². The van der Waals surface area contributed by atoms with Gasteiger partial charge in [-0.05, 0) is 30.3 Å². The molecule has 28 heteroatoms. The Morgan fingerprint density at radius 2 is 0.926 bits per heavy atom. The van der Waals surface area contributed by atoms with E-state index in [2.05, 4.69) is 61.6 Å². The lowest BCUT2D eigenvalue weighted by atomic mass is 10.1. The predicted octanol–water partition coefficient (Wildman–Crippen LogP) is 2.25. The zero-order chi connectivity index (χ0) is 39.1. The van der Waals surface area contributed by atoms with E-state index in [4.69, 9.17) is 11.5 Å². The van der Waals surface area contributed by atoms with Crippen LogP contribution in [0.15, 0.2) is 48.5 Å². The molecule has 0 amide bonds. The van der Waals surface area contributed by atoms with Gasteiger partial charge in [0.15, 0.2) is 18.1 Å². The number of aromatic amines is 4. The topological polar surface area (TPSA) is 425 Å². The Morgan fingerprint density at radius 1 is 0.481 bits per heavy atom. The highest BCUT2D eigenvalue weighted by atomic mass is 16.6. The van der Waals surface area contributed by atoms with Gasteiger partial charge in [0.2, 0.25) is 0 Å². The lowest BCUT2D eigenvalue weighted by molar-refractivity contribution is -0.385. The Balaban J connectivity index is 0.000000139. The number of nitro benzene ring substituents is 4. The van der Waals surface area contributed by atoms with Crippen LogP contribution in [0.25, 0.3) is 44.1 Å². The molecule has 0 bridgehead atoms. The van der Waals surface area contributed by atoms with E-state index in [0.29, 0.717) is 51.2 Å². The smallest absolute Gasteiger partial charge is 0.309 e. The van der Waals surface area contributed by atoms with E-state index in [1.165, 1.54) is 48.5 Å². The molecule has 0 aliphatic carbocycles. The number of rotatable bonds is 6. The third-order valence-corrected chi connectivity index (χ3v) is 6.95. The van der Waals surface area contributed by atoms with Gasteiger partial charge in [-0.25, -0.2) is 0 Å². The van der Waals surface area contributed by atoms with Crippen molar-refractivity contribution in [3.63, 3.8) is 0 Å². The van der Waals surface area contributed by atoms with E-state index in [0.717, 1.165) is 0 Å². The normalized spacial score (nSPS) is 10.4. The summed E-state index contributed by atoms with van der Waals surface area (Å²) in [6, 6.07) is 10.9. The van der Waals surface area contributed by atoms with Crippen LogP contribution in [0.4, 0.5) is 34.1 Å². The lowest BCUT2D eigenvalue weighted by Gasteiger charge is -1.95. The molecule has 8 N–H and O–H groups in total. The number of hydrogen-bond donors (Lipinski definition) is 6. The zero-order valence-corrected chi connectivity index (χ0v) is 26.4. The number of aldehydes is 2. The van der Waals surface area contributed by atoms with Gasteiger partial charge in [-0.1, -0.05) is 0 Å². The number of hydrogen-bond acceptors (Lipinski definition) is 20. The van der Waals surface area contributed by atoms with E-state index in [1.807, 2.05) is 0 Å². The highest BCUT2D eigenvalue weighted by Gasteiger charge is 2.21. The number of nitrogens with zero attached hydrogens (tertiary/aromatic N) is 12. The van der Waals surface area contributed by atoms with Crippen molar-refractivity contribution >= 4 is 90.8 Å².